The van der Waals surface area contributed by atoms with Crippen LogP contribution in [0.3, 0.4) is 0 Å². The van der Waals surface area contributed by atoms with Gasteiger partial charge in [-0.15, -0.1) is 5.10 Å². The molecule has 0 aromatic carbocycles. The lowest BCUT2D eigenvalue weighted by Crippen LogP contribution is -2.34. The molecule has 2 unspecified atom stereocenters. The molecule has 1 aliphatic rings. The Morgan fingerprint density at radius 1 is 1.40 bits per heavy atom. The Morgan fingerprint density at radius 3 is 2.85 bits per heavy atom. The summed E-state index contributed by atoms with van der Waals surface area (Å²) in [5.74, 6) is 0.920. The smallest absolute Gasteiger partial charge is 0.165 e. The first-order valence-electron chi connectivity index (χ1n) is 7.16. The number of nitrogens with one attached hydrogen (secondary N) is 1. The van der Waals surface area contributed by atoms with Crippen LogP contribution in [-0.2, 0) is 6.54 Å². The molecule has 2 aromatic heterocycles. The highest BCUT2D eigenvalue weighted by Crippen LogP contribution is 2.34. The monoisotopic (exact) mass is 275 g/mol. The molecule has 7 nitrogen and oxygen atoms in total. The van der Waals surface area contributed by atoms with Crippen LogP contribution < -0.4 is 5.32 Å². The van der Waals surface area contributed by atoms with Gasteiger partial charge < -0.3 is 5.32 Å². The summed E-state index contributed by atoms with van der Waals surface area (Å²) in [7, 11) is 0. The summed E-state index contributed by atoms with van der Waals surface area (Å²) in [6.07, 6.45) is 6.33. The number of hydrogen-bond acceptors (Lipinski definition) is 5. The van der Waals surface area contributed by atoms with Gasteiger partial charge in [0.15, 0.2) is 5.82 Å². The second kappa shape index (κ2) is 5.32. The van der Waals surface area contributed by atoms with Crippen LogP contribution >= 0.6 is 0 Å². The Bertz CT molecular complexity index is 569. The average Bonchev–Trinajstić information content (AvgIpc) is 3.02. The van der Waals surface area contributed by atoms with Crippen LogP contribution in [0.25, 0.3) is 0 Å². The highest BCUT2D eigenvalue weighted by molar-refractivity contribution is 5.01. The third-order valence-corrected chi connectivity index (χ3v) is 3.91. The molecule has 1 saturated carbocycles. The van der Waals surface area contributed by atoms with E-state index in [-0.39, 0.29) is 6.04 Å². The second-order valence-corrected chi connectivity index (χ2v) is 5.68. The van der Waals surface area contributed by atoms with Crippen molar-refractivity contribution in [2.24, 2.45) is 0 Å². The first-order valence-corrected chi connectivity index (χ1v) is 7.16. The van der Waals surface area contributed by atoms with Crippen molar-refractivity contribution in [1.82, 2.24) is 35.3 Å². The van der Waals surface area contributed by atoms with Gasteiger partial charge in [-0.1, -0.05) is 0 Å². The van der Waals surface area contributed by atoms with Crippen LogP contribution in [0.1, 0.15) is 50.2 Å². The topological polar surface area (TPSA) is 73.5 Å². The lowest BCUT2D eigenvalue weighted by Gasteiger charge is -2.21. The second-order valence-electron chi connectivity index (χ2n) is 5.68. The first kappa shape index (κ1) is 13.2. The molecule has 0 saturated heterocycles. The maximum absolute atomic E-state index is 4.37. The van der Waals surface area contributed by atoms with E-state index in [1.165, 1.54) is 18.4 Å². The molecule has 2 heterocycles. The van der Waals surface area contributed by atoms with E-state index in [0.29, 0.717) is 18.6 Å². The summed E-state index contributed by atoms with van der Waals surface area (Å²) in [4.78, 5) is 0. The van der Waals surface area contributed by atoms with E-state index in [1.807, 2.05) is 15.6 Å². The van der Waals surface area contributed by atoms with Crippen molar-refractivity contribution in [3.8, 4) is 0 Å². The van der Waals surface area contributed by atoms with Gasteiger partial charge in [0.05, 0.1) is 24.8 Å². The Balaban J connectivity index is 1.58. The van der Waals surface area contributed by atoms with E-state index in [0.717, 1.165) is 5.82 Å². The average molecular weight is 275 g/mol. The van der Waals surface area contributed by atoms with Crippen LogP contribution in [0.5, 0.6) is 0 Å². The van der Waals surface area contributed by atoms with Gasteiger partial charge in [0.1, 0.15) is 0 Å². The summed E-state index contributed by atoms with van der Waals surface area (Å²) in [5.41, 5.74) is 1.18. The van der Waals surface area contributed by atoms with Crippen LogP contribution in [-0.4, -0.2) is 36.0 Å². The van der Waals surface area contributed by atoms with E-state index in [4.69, 9.17) is 0 Å². The predicted octanol–water partition coefficient (Wildman–Crippen LogP) is 1.25. The van der Waals surface area contributed by atoms with Crippen LogP contribution in [0.4, 0.5) is 0 Å². The molecule has 3 rings (SSSR count). The van der Waals surface area contributed by atoms with Gasteiger partial charge in [-0.05, 0) is 49.6 Å². The lowest BCUT2D eigenvalue weighted by molar-refractivity contribution is 0.359. The summed E-state index contributed by atoms with van der Waals surface area (Å²) >= 11 is 0. The molecule has 2 aromatic rings. The van der Waals surface area contributed by atoms with Gasteiger partial charge in [-0.3, -0.25) is 4.68 Å². The molecule has 0 radical (unpaired) electrons. The number of aromatic nitrogens is 6. The molecule has 20 heavy (non-hydrogen) atoms. The maximum Gasteiger partial charge on any atom is 0.165 e. The fraction of sp³-hybridized carbons (Fsp3) is 0.692. The quantitative estimate of drug-likeness (QED) is 0.859. The third-order valence-electron chi connectivity index (χ3n) is 3.91. The van der Waals surface area contributed by atoms with Crippen molar-refractivity contribution in [3.05, 3.63) is 23.8 Å². The van der Waals surface area contributed by atoms with Gasteiger partial charge >= 0.3 is 0 Å². The molecule has 1 fully saturated rings. The first-order chi connectivity index (χ1) is 9.65. The number of rotatable bonds is 6. The van der Waals surface area contributed by atoms with Gasteiger partial charge in [0.25, 0.3) is 0 Å². The molecule has 0 spiro atoms. The van der Waals surface area contributed by atoms with Gasteiger partial charge in [0, 0.05) is 12.2 Å². The minimum absolute atomic E-state index is 0.286. The predicted molar refractivity (Wildman–Crippen MR) is 74.1 cm³/mol. The largest absolute Gasteiger partial charge is 0.305 e. The summed E-state index contributed by atoms with van der Waals surface area (Å²) in [6, 6.07) is 1.09. The number of aryl methyl sites for hydroxylation is 1. The molecule has 0 aliphatic heterocycles. The van der Waals surface area contributed by atoms with E-state index >= 15 is 0 Å². The molecule has 0 amide bonds. The Morgan fingerprint density at radius 2 is 2.20 bits per heavy atom. The standard InChI is InChI=1S/C13H21N7/c1-9-6-15-19(8-9)11(3)10(2)14-7-13-16-17-18-20(13)12-4-5-12/h6,8,10-12,14H,4-5,7H2,1-3H3. The molecule has 1 aliphatic carbocycles. The molecule has 108 valence electrons. The van der Waals surface area contributed by atoms with E-state index in [1.54, 1.807) is 0 Å². The summed E-state index contributed by atoms with van der Waals surface area (Å²) in [5, 5.41) is 19.8. The van der Waals surface area contributed by atoms with E-state index in [9.17, 15) is 0 Å². The van der Waals surface area contributed by atoms with Crippen LogP contribution in [0, 0.1) is 6.92 Å². The van der Waals surface area contributed by atoms with Crippen molar-refractivity contribution in [1.29, 1.82) is 0 Å². The molecular weight excluding hydrogens is 254 g/mol. The minimum Gasteiger partial charge on any atom is -0.305 e. The third kappa shape index (κ3) is 2.72. The van der Waals surface area contributed by atoms with Gasteiger partial charge in [-0.2, -0.15) is 5.10 Å². The van der Waals surface area contributed by atoms with E-state index in [2.05, 4.69) is 52.9 Å². The van der Waals surface area contributed by atoms with Crippen molar-refractivity contribution in [2.45, 2.75) is 58.3 Å². The van der Waals surface area contributed by atoms with Gasteiger partial charge in [0.2, 0.25) is 0 Å². The Labute approximate surface area is 118 Å². The maximum atomic E-state index is 4.37. The fourth-order valence-electron chi connectivity index (χ4n) is 2.24. The zero-order chi connectivity index (χ0) is 14.1. The van der Waals surface area contributed by atoms with Crippen molar-refractivity contribution >= 4 is 0 Å². The summed E-state index contributed by atoms with van der Waals surface area (Å²) in [6.45, 7) is 7.06. The number of hydrogen-bond donors (Lipinski definition) is 1. The van der Waals surface area contributed by atoms with Crippen molar-refractivity contribution in [3.63, 3.8) is 0 Å². The van der Waals surface area contributed by atoms with Gasteiger partial charge in [-0.25, -0.2) is 4.68 Å². The SMILES string of the molecule is Cc1cnn(C(C)C(C)NCc2nnnn2C2CC2)c1. The Hall–Kier alpha value is -1.76. The number of tetrazole rings is 1. The van der Waals surface area contributed by atoms with Crippen molar-refractivity contribution in [2.75, 3.05) is 0 Å². The van der Waals surface area contributed by atoms with E-state index < -0.39 is 0 Å². The number of nitrogens with zero attached hydrogens (tertiary/aromatic N) is 6. The molecular formula is C13H21N7. The Kier molecular flexibility index (Phi) is 3.52. The van der Waals surface area contributed by atoms with Crippen LogP contribution in [0.15, 0.2) is 12.4 Å². The molecule has 7 heteroatoms. The zero-order valence-corrected chi connectivity index (χ0v) is 12.2. The zero-order valence-electron chi connectivity index (χ0n) is 12.2. The van der Waals surface area contributed by atoms with Crippen LogP contribution in [0.2, 0.25) is 0 Å². The highest BCUT2D eigenvalue weighted by Gasteiger charge is 2.27. The normalized spacial score (nSPS) is 18.1. The minimum atomic E-state index is 0.286. The lowest BCUT2D eigenvalue weighted by atomic mass is 10.2. The van der Waals surface area contributed by atoms with Crippen molar-refractivity contribution < 1.29 is 0 Å². The highest BCUT2D eigenvalue weighted by atomic mass is 15.6. The molecule has 1 N–H and O–H groups in total. The molecule has 2 atom stereocenters. The fourth-order valence-corrected chi connectivity index (χ4v) is 2.24. The summed E-state index contributed by atoms with van der Waals surface area (Å²) < 4.78 is 3.94. The molecule has 0 bridgehead atoms.